The Morgan fingerprint density at radius 1 is 1.53 bits per heavy atom. The molecule has 0 aromatic carbocycles. The van der Waals surface area contributed by atoms with Gasteiger partial charge in [0.15, 0.2) is 0 Å². The summed E-state index contributed by atoms with van der Waals surface area (Å²) in [5.74, 6) is 0.803. The maximum atomic E-state index is 10.1. The van der Waals surface area contributed by atoms with Crippen molar-refractivity contribution in [2.75, 3.05) is 14.1 Å². The molecule has 86 valence electrons. The van der Waals surface area contributed by atoms with Crippen LogP contribution in [0.1, 0.15) is 19.7 Å². The molecule has 1 heterocycles. The summed E-state index contributed by atoms with van der Waals surface area (Å²) in [7, 11) is 5.75. The maximum absolute atomic E-state index is 10.1. The van der Waals surface area contributed by atoms with Gasteiger partial charge in [-0.1, -0.05) is 0 Å². The third kappa shape index (κ3) is 2.54. The molecule has 0 aliphatic carbocycles. The van der Waals surface area contributed by atoms with Gasteiger partial charge in [0.2, 0.25) is 0 Å². The van der Waals surface area contributed by atoms with Crippen molar-refractivity contribution in [1.82, 2.24) is 19.7 Å². The third-order valence-electron chi connectivity index (χ3n) is 3.15. The van der Waals surface area contributed by atoms with E-state index < -0.39 is 6.10 Å². The van der Waals surface area contributed by atoms with E-state index in [-0.39, 0.29) is 5.54 Å². The first-order chi connectivity index (χ1) is 6.85. The Hall–Kier alpha value is -0.940. The number of aliphatic hydroxyl groups excluding tert-OH is 1. The first kappa shape index (κ1) is 12.1. The second kappa shape index (κ2) is 4.28. The lowest BCUT2D eigenvalue weighted by molar-refractivity contribution is 0.0165. The van der Waals surface area contributed by atoms with E-state index in [1.807, 2.05) is 39.9 Å². The standard InChI is InChI=1S/C10H20N4O/c1-10(2,13(3)4)8(15)6-9-11-7-12-14(9)5/h7-8,15H,6H2,1-5H3. The van der Waals surface area contributed by atoms with E-state index in [2.05, 4.69) is 10.1 Å². The van der Waals surface area contributed by atoms with Gasteiger partial charge in [-0.3, -0.25) is 4.68 Å². The minimum atomic E-state index is -0.463. The molecule has 0 fully saturated rings. The number of aliphatic hydroxyl groups is 1. The predicted molar refractivity (Wildman–Crippen MR) is 58.5 cm³/mol. The molecule has 1 rings (SSSR count). The Morgan fingerprint density at radius 2 is 2.13 bits per heavy atom. The fourth-order valence-electron chi connectivity index (χ4n) is 1.23. The van der Waals surface area contributed by atoms with Crippen LogP contribution in [0.25, 0.3) is 0 Å². The van der Waals surface area contributed by atoms with Gasteiger partial charge in [-0.25, -0.2) is 4.98 Å². The van der Waals surface area contributed by atoms with Crippen molar-refractivity contribution < 1.29 is 5.11 Å². The molecule has 0 radical (unpaired) electrons. The highest BCUT2D eigenvalue weighted by Crippen LogP contribution is 2.18. The van der Waals surface area contributed by atoms with Gasteiger partial charge < -0.3 is 10.0 Å². The monoisotopic (exact) mass is 212 g/mol. The molecular formula is C10H20N4O. The highest BCUT2D eigenvalue weighted by atomic mass is 16.3. The number of aryl methyl sites for hydroxylation is 1. The number of rotatable bonds is 4. The van der Waals surface area contributed by atoms with Crippen molar-refractivity contribution in [3.63, 3.8) is 0 Å². The molecule has 0 bridgehead atoms. The summed E-state index contributed by atoms with van der Waals surface area (Å²) >= 11 is 0. The van der Waals surface area contributed by atoms with E-state index in [1.165, 1.54) is 6.33 Å². The van der Waals surface area contributed by atoms with E-state index in [1.54, 1.807) is 4.68 Å². The Labute approximate surface area is 90.7 Å². The number of hydrogen-bond donors (Lipinski definition) is 1. The SMILES string of the molecule is CN(C)C(C)(C)C(O)Cc1ncnn1C. The summed E-state index contributed by atoms with van der Waals surface area (Å²) in [6, 6.07) is 0. The molecule has 15 heavy (non-hydrogen) atoms. The summed E-state index contributed by atoms with van der Waals surface area (Å²) in [4.78, 5) is 6.11. The fourth-order valence-corrected chi connectivity index (χ4v) is 1.23. The average molecular weight is 212 g/mol. The molecule has 0 saturated carbocycles. The summed E-state index contributed by atoms with van der Waals surface area (Å²) in [5, 5.41) is 14.1. The third-order valence-corrected chi connectivity index (χ3v) is 3.15. The number of nitrogens with zero attached hydrogens (tertiary/aromatic N) is 4. The quantitative estimate of drug-likeness (QED) is 0.766. The van der Waals surface area contributed by atoms with Gasteiger partial charge in [0.1, 0.15) is 12.2 Å². The Kier molecular flexibility index (Phi) is 3.46. The molecular weight excluding hydrogens is 192 g/mol. The van der Waals surface area contributed by atoms with Crippen LogP contribution in [0.15, 0.2) is 6.33 Å². The molecule has 1 atom stereocenters. The van der Waals surface area contributed by atoms with Gasteiger partial charge in [-0.2, -0.15) is 5.10 Å². The van der Waals surface area contributed by atoms with E-state index in [4.69, 9.17) is 0 Å². The summed E-state index contributed by atoms with van der Waals surface area (Å²) in [6.07, 6.45) is 1.56. The minimum Gasteiger partial charge on any atom is -0.391 e. The molecule has 1 aromatic rings. The molecule has 0 saturated heterocycles. The zero-order valence-electron chi connectivity index (χ0n) is 10.1. The van der Waals surface area contributed by atoms with Crippen LogP contribution >= 0.6 is 0 Å². The summed E-state index contributed by atoms with van der Waals surface area (Å²) in [6.45, 7) is 4.02. The zero-order chi connectivity index (χ0) is 11.6. The van der Waals surface area contributed by atoms with E-state index in [9.17, 15) is 5.11 Å². The Balaban J connectivity index is 2.71. The lowest BCUT2D eigenvalue weighted by Crippen LogP contribution is -2.49. The molecule has 5 nitrogen and oxygen atoms in total. The topological polar surface area (TPSA) is 54.2 Å². The van der Waals surface area contributed by atoms with Gasteiger partial charge in [0, 0.05) is 19.0 Å². The van der Waals surface area contributed by atoms with Crippen molar-refractivity contribution in [2.24, 2.45) is 7.05 Å². The first-order valence-electron chi connectivity index (χ1n) is 5.04. The van der Waals surface area contributed by atoms with Crippen LogP contribution in [-0.4, -0.2) is 50.5 Å². The van der Waals surface area contributed by atoms with Crippen molar-refractivity contribution >= 4 is 0 Å². The molecule has 1 N–H and O–H groups in total. The fraction of sp³-hybridized carbons (Fsp3) is 0.800. The second-order valence-electron chi connectivity index (χ2n) is 4.57. The molecule has 0 amide bonds. The van der Waals surface area contributed by atoms with Crippen molar-refractivity contribution in [3.8, 4) is 0 Å². The first-order valence-corrected chi connectivity index (χ1v) is 5.04. The van der Waals surface area contributed by atoms with E-state index in [0.717, 1.165) is 5.82 Å². The van der Waals surface area contributed by atoms with Crippen LogP contribution in [0, 0.1) is 0 Å². The second-order valence-corrected chi connectivity index (χ2v) is 4.57. The van der Waals surface area contributed by atoms with Crippen molar-refractivity contribution in [2.45, 2.75) is 31.9 Å². The Morgan fingerprint density at radius 3 is 2.53 bits per heavy atom. The van der Waals surface area contributed by atoms with E-state index in [0.29, 0.717) is 6.42 Å². The molecule has 1 aromatic heterocycles. The summed E-state index contributed by atoms with van der Waals surface area (Å²) < 4.78 is 1.69. The molecule has 5 heteroatoms. The van der Waals surface area contributed by atoms with Crippen LogP contribution in [0.5, 0.6) is 0 Å². The minimum absolute atomic E-state index is 0.272. The highest BCUT2D eigenvalue weighted by molar-refractivity contribution is 4.94. The highest BCUT2D eigenvalue weighted by Gasteiger charge is 2.30. The molecule has 0 spiro atoms. The maximum Gasteiger partial charge on any atom is 0.138 e. The van der Waals surface area contributed by atoms with Crippen LogP contribution in [0.2, 0.25) is 0 Å². The lowest BCUT2D eigenvalue weighted by Gasteiger charge is -2.36. The number of likely N-dealkylation sites (N-methyl/N-ethyl adjacent to an activating group) is 1. The molecule has 0 aliphatic rings. The van der Waals surface area contributed by atoms with Crippen LogP contribution < -0.4 is 0 Å². The van der Waals surface area contributed by atoms with Gasteiger partial charge in [-0.05, 0) is 27.9 Å². The van der Waals surface area contributed by atoms with Gasteiger partial charge in [0.25, 0.3) is 0 Å². The number of hydrogen-bond acceptors (Lipinski definition) is 4. The predicted octanol–water partition coefficient (Wildman–Crippen LogP) is 0.0587. The lowest BCUT2D eigenvalue weighted by atomic mass is 9.93. The van der Waals surface area contributed by atoms with Crippen molar-refractivity contribution in [3.05, 3.63) is 12.2 Å². The average Bonchev–Trinajstić information content (AvgIpc) is 2.51. The van der Waals surface area contributed by atoms with Gasteiger partial charge in [-0.15, -0.1) is 0 Å². The van der Waals surface area contributed by atoms with Crippen LogP contribution in [-0.2, 0) is 13.5 Å². The largest absolute Gasteiger partial charge is 0.391 e. The Bertz CT molecular complexity index is 319. The van der Waals surface area contributed by atoms with Gasteiger partial charge >= 0.3 is 0 Å². The van der Waals surface area contributed by atoms with E-state index >= 15 is 0 Å². The normalized spacial score (nSPS) is 14.6. The zero-order valence-corrected chi connectivity index (χ0v) is 10.1. The van der Waals surface area contributed by atoms with Gasteiger partial charge in [0.05, 0.1) is 6.10 Å². The molecule has 0 aliphatic heterocycles. The smallest absolute Gasteiger partial charge is 0.138 e. The number of aromatic nitrogens is 3. The van der Waals surface area contributed by atoms with Crippen molar-refractivity contribution in [1.29, 1.82) is 0 Å². The summed E-state index contributed by atoms with van der Waals surface area (Å²) in [5.41, 5.74) is -0.272. The molecule has 1 unspecified atom stereocenters. The van der Waals surface area contributed by atoms with Crippen LogP contribution in [0.3, 0.4) is 0 Å². The van der Waals surface area contributed by atoms with Crippen LogP contribution in [0.4, 0.5) is 0 Å².